The van der Waals surface area contributed by atoms with Crippen LogP contribution in [0.4, 0.5) is 4.39 Å². The fourth-order valence-corrected chi connectivity index (χ4v) is 3.03. The summed E-state index contributed by atoms with van der Waals surface area (Å²) in [5.41, 5.74) is 0.246. The molecule has 21 heavy (non-hydrogen) atoms. The van der Waals surface area contributed by atoms with Crippen LogP contribution in [0.15, 0.2) is 24.3 Å². The topological polar surface area (TPSA) is 52.6 Å². The van der Waals surface area contributed by atoms with E-state index >= 15 is 0 Å². The molecule has 0 aliphatic heterocycles. The van der Waals surface area contributed by atoms with Gasteiger partial charge in [-0.25, -0.2) is 4.39 Å². The van der Waals surface area contributed by atoms with E-state index in [2.05, 4.69) is 5.32 Å². The third-order valence-corrected chi connectivity index (χ3v) is 4.20. The van der Waals surface area contributed by atoms with Gasteiger partial charge in [0, 0.05) is 0 Å². The van der Waals surface area contributed by atoms with Crippen LogP contribution in [-0.4, -0.2) is 42.2 Å². The Balaban J connectivity index is 2.18. The molecule has 0 aromatic heterocycles. The van der Waals surface area contributed by atoms with Gasteiger partial charge in [-0.05, 0) is 44.6 Å². The summed E-state index contributed by atoms with van der Waals surface area (Å²) in [6.07, 6.45) is 3.64. The quantitative estimate of drug-likeness (QED) is 0.871. The molecule has 5 heteroatoms. The van der Waals surface area contributed by atoms with Gasteiger partial charge < -0.3 is 10.4 Å². The van der Waals surface area contributed by atoms with Gasteiger partial charge in [0.25, 0.3) is 0 Å². The molecule has 116 valence electrons. The Kier molecular flexibility index (Phi) is 4.96. The van der Waals surface area contributed by atoms with Crippen molar-refractivity contribution < 1.29 is 14.3 Å². The maximum absolute atomic E-state index is 13.0. The minimum atomic E-state index is -0.495. The minimum Gasteiger partial charge on any atom is -0.394 e. The number of aliphatic hydroxyl groups excluding tert-OH is 1. The molecule has 2 N–H and O–H groups in total. The van der Waals surface area contributed by atoms with Gasteiger partial charge in [0.05, 0.1) is 12.1 Å². The molecule has 0 unspecified atom stereocenters. The number of rotatable bonds is 5. The van der Waals surface area contributed by atoms with Crippen LogP contribution in [0.25, 0.3) is 0 Å². The number of carbonyl (C=O) groups is 1. The number of amides is 1. The standard InChI is InChI=1S/C16H23FN2O2/c1-19(2)14(12-5-7-13(17)8-6-12)15(21)18-16(11-20)9-3-4-10-16/h5-8,14,20H,3-4,9-11H2,1-2H3,(H,18,21)/t14-/m1/s1. The van der Waals surface area contributed by atoms with E-state index < -0.39 is 11.6 Å². The summed E-state index contributed by atoms with van der Waals surface area (Å²) < 4.78 is 13.0. The average molecular weight is 294 g/mol. The third-order valence-electron chi connectivity index (χ3n) is 4.20. The predicted molar refractivity (Wildman–Crippen MR) is 79.3 cm³/mol. The van der Waals surface area contributed by atoms with E-state index in [0.29, 0.717) is 0 Å². The van der Waals surface area contributed by atoms with Crippen LogP contribution in [-0.2, 0) is 4.79 Å². The molecule has 2 rings (SSSR count). The minimum absolute atomic E-state index is 0.0394. The van der Waals surface area contributed by atoms with Crippen LogP contribution >= 0.6 is 0 Å². The van der Waals surface area contributed by atoms with Gasteiger partial charge in [0.2, 0.25) is 5.91 Å². The summed E-state index contributed by atoms with van der Waals surface area (Å²) in [7, 11) is 3.63. The highest BCUT2D eigenvalue weighted by Gasteiger charge is 2.37. The smallest absolute Gasteiger partial charge is 0.242 e. The summed E-state index contributed by atoms with van der Waals surface area (Å²) in [6.45, 7) is -0.0394. The van der Waals surface area contributed by atoms with Crippen molar-refractivity contribution in [3.8, 4) is 0 Å². The first kappa shape index (κ1) is 15.9. The van der Waals surface area contributed by atoms with Crippen molar-refractivity contribution in [2.75, 3.05) is 20.7 Å². The van der Waals surface area contributed by atoms with Gasteiger partial charge in [-0.3, -0.25) is 9.69 Å². The Morgan fingerprint density at radius 1 is 1.33 bits per heavy atom. The van der Waals surface area contributed by atoms with Crippen LogP contribution < -0.4 is 5.32 Å². The monoisotopic (exact) mass is 294 g/mol. The van der Waals surface area contributed by atoms with Crippen LogP contribution in [0.5, 0.6) is 0 Å². The molecular formula is C16H23FN2O2. The Bertz CT molecular complexity index is 482. The average Bonchev–Trinajstić information content (AvgIpc) is 2.90. The maximum atomic E-state index is 13.0. The summed E-state index contributed by atoms with van der Waals surface area (Å²) in [4.78, 5) is 14.4. The van der Waals surface area contributed by atoms with E-state index in [0.717, 1.165) is 31.2 Å². The Morgan fingerprint density at radius 3 is 2.38 bits per heavy atom. The molecule has 1 amide bonds. The van der Waals surface area contributed by atoms with E-state index in [1.54, 1.807) is 17.0 Å². The molecule has 1 saturated carbocycles. The van der Waals surface area contributed by atoms with Crippen LogP contribution in [0, 0.1) is 5.82 Å². The summed E-state index contributed by atoms with van der Waals surface area (Å²) >= 11 is 0. The number of hydrogen-bond donors (Lipinski definition) is 2. The first-order valence-corrected chi connectivity index (χ1v) is 7.32. The number of halogens is 1. The van der Waals surface area contributed by atoms with E-state index in [4.69, 9.17) is 0 Å². The highest BCUT2D eigenvalue weighted by molar-refractivity contribution is 5.84. The molecule has 1 aliphatic rings. The molecule has 0 spiro atoms. The Hall–Kier alpha value is -1.46. The Labute approximate surface area is 125 Å². The van der Waals surface area contributed by atoms with Crippen LogP contribution in [0.1, 0.15) is 37.3 Å². The fourth-order valence-electron chi connectivity index (χ4n) is 3.03. The first-order chi connectivity index (χ1) is 9.97. The zero-order valence-corrected chi connectivity index (χ0v) is 12.6. The molecule has 0 heterocycles. The zero-order chi connectivity index (χ0) is 15.5. The van der Waals surface area contributed by atoms with Crippen LogP contribution in [0.3, 0.4) is 0 Å². The lowest BCUT2D eigenvalue weighted by atomic mass is 9.97. The highest BCUT2D eigenvalue weighted by Crippen LogP contribution is 2.30. The highest BCUT2D eigenvalue weighted by atomic mass is 19.1. The lowest BCUT2D eigenvalue weighted by Gasteiger charge is -2.32. The number of aliphatic hydroxyl groups is 1. The van der Waals surface area contributed by atoms with E-state index in [9.17, 15) is 14.3 Å². The number of nitrogens with zero attached hydrogens (tertiary/aromatic N) is 1. The number of benzene rings is 1. The lowest BCUT2D eigenvalue weighted by Crippen LogP contribution is -2.52. The largest absolute Gasteiger partial charge is 0.394 e. The molecule has 0 saturated heterocycles. The van der Waals surface area contributed by atoms with E-state index in [1.165, 1.54) is 12.1 Å². The second-order valence-electron chi connectivity index (χ2n) is 6.05. The van der Waals surface area contributed by atoms with Gasteiger partial charge >= 0.3 is 0 Å². The Morgan fingerprint density at radius 2 is 1.90 bits per heavy atom. The van der Waals surface area contributed by atoms with Crippen LogP contribution in [0.2, 0.25) is 0 Å². The van der Waals surface area contributed by atoms with Crippen molar-refractivity contribution in [3.05, 3.63) is 35.6 Å². The second-order valence-corrected chi connectivity index (χ2v) is 6.05. The number of nitrogens with one attached hydrogen (secondary N) is 1. The van der Waals surface area contributed by atoms with Crippen molar-refractivity contribution in [1.29, 1.82) is 0 Å². The number of hydrogen-bond acceptors (Lipinski definition) is 3. The van der Waals surface area contributed by atoms with Gasteiger partial charge in [-0.1, -0.05) is 25.0 Å². The maximum Gasteiger partial charge on any atom is 0.242 e. The van der Waals surface area contributed by atoms with Gasteiger partial charge in [-0.2, -0.15) is 0 Å². The molecule has 1 aliphatic carbocycles. The second kappa shape index (κ2) is 6.54. The van der Waals surface area contributed by atoms with Crippen molar-refractivity contribution in [3.63, 3.8) is 0 Å². The van der Waals surface area contributed by atoms with Crippen molar-refractivity contribution in [2.24, 2.45) is 0 Å². The van der Waals surface area contributed by atoms with Crippen molar-refractivity contribution >= 4 is 5.91 Å². The normalized spacial score (nSPS) is 18.7. The molecule has 0 bridgehead atoms. The van der Waals surface area contributed by atoms with Gasteiger partial charge in [-0.15, -0.1) is 0 Å². The summed E-state index contributed by atoms with van der Waals surface area (Å²) in [6, 6.07) is 5.47. The molecule has 0 radical (unpaired) electrons. The number of likely N-dealkylation sites (N-methyl/N-ethyl adjacent to an activating group) is 1. The van der Waals surface area contributed by atoms with Gasteiger partial charge in [0.1, 0.15) is 11.9 Å². The molecule has 1 aromatic carbocycles. The van der Waals surface area contributed by atoms with Crippen molar-refractivity contribution in [1.82, 2.24) is 10.2 Å². The molecule has 4 nitrogen and oxygen atoms in total. The van der Waals surface area contributed by atoms with Gasteiger partial charge in [0.15, 0.2) is 0 Å². The van der Waals surface area contributed by atoms with E-state index in [1.807, 2.05) is 14.1 Å². The van der Waals surface area contributed by atoms with Crippen molar-refractivity contribution in [2.45, 2.75) is 37.3 Å². The third kappa shape index (κ3) is 3.60. The summed E-state index contributed by atoms with van der Waals surface area (Å²) in [5, 5.41) is 12.6. The first-order valence-electron chi connectivity index (χ1n) is 7.32. The molecule has 1 atom stereocenters. The predicted octanol–water partition coefficient (Wildman–Crippen LogP) is 1.85. The van der Waals surface area contributed by atoms with E-state index in [-0.39, 0.29) is 18.3 Å². The molecule has 1 aromatic rings. The zero-order valence-electron chi connectivity index (χ0n) is 12.6. The number of carbonyl (C=O) groups excluding carboxylic acids is 1. The molecular weight excluding hydrogens is 271 g/mol. The molecule has 1 fully saturated rings. The fraction of sp³-hybridized carbons (Fsp3) is 0.562. The SMILES string of the molecule is CN(C)[C@@H](C(=O)NC1(CO)CCCC1)c1ccc(F)cc1. The lowest BCUT2D eigenvalue weighted by molar-refractivity contribution is -0.128. The summed E-state index contributed by atoms with van der Waals surface area (Å²) in [5.74, 6) is -0.471.